The summed E-state index contributed by atoms with van der Waals surface area (Å²) in [6.07, 6.45) is 0.947. The van der Waals surface area contributed by atoms with Crippen LogP contribution in [-0.2, 0) is 17.7 Å². The lowest BCUT2D eigenvalue weighted by Gasteiger charge is -2.09. The Hall–Kier alpha value is -0.900. The van der Waals surface area contributed by atoms with Crippen molar-refractivity contribution in [2.24, 2.45) is 5.73 Å². The third kappa shape index (κ3) is 4.42. The number of benzene rings is 1. The van der Waals surface area contributed by atoms with Crippen molar-refractivity contribution >= 4 is 0 Å². The molecule has 15 heavy (non-hydrogen) atoms. The van der Waals surface area contributed by atoms with Gasteiger partial charge >= 0.3 is 0 Å². The highest BCUT2D eigenvalue weighted by Gasteiger charge is 1.99. The first-order valence-electron chi connectivity index (χ1n) is 5.35. The summed E-state index contributed by atoms with van der Waals surface area (Å²) in [4.78, 5) is 0. The zero-order valence-electron chi connectivity index (χ0n) is 9.33. The van der Waals surface area contributed by atoms with Crippen molar-refractivity contribution in [3.8, 4) is 0 Å². The fourth-order valence-corrected chi connectivity index (χ4v) is 1.53. The van der Waals surface area contributed by atoms with Crippen LogP contribution in [0.2, 0.25) is 0 Å². The van der Waals surface area contributed by atoms with E-state index in [1.165, 1.54) is 11.1 Å². The molecule has 0 fully saturated rings. The zero-order chi connectivity index (χ0) is 10.9. The quantitative estimate of drug-likeness (QED) is 0.655. The molecule has 0 aliphatic heterocycles. The Labute approximate surface area is 91.6 Å². The zero-order valence-corrected chi connectivity index (χ0v) is 9.33. The van der Waals surface area contributed by atoms with Crippen molar-refractivity contribution in [3.05, 3.63) is 35.4 Å². The lowest BCUT2D eigenvalue weighted by molar-refractivity contribution is 0.199. The summed E-state index contributed by atoms with van der Waals surface area (Å²) in [5.41, 5.74) is 8.24. The topological polar surface area (TPSA) is 47.3 Å². The Morgan fingerprint density at radius 2 is 2.00 bits per heavy atom. The van der Waals surface area contributed by atoms with E-state index in [0.717, 1.165) is 26.1 Å². The predicted molar refractivity (Wildman–Crippen MR) is 62.8 cm³/mol. The van der Waals surface area contributed by atoms with Crippen LogP contribution in [0.15, 0.2) is 24.3 Å². The van der Waals surface area contributed by atoms with Gasteiger partial charge in [0.05, 0.1) is 6.61 Å². The van der Waals surface area contributed by atoms with Crippen molar-refractivity contribution in [2.45, 2.75) is 13.0 Å². The molecule has 0 saturated heterocycles. The Morgan fingerprint density at radius 3 is 2.67 bits per heavy atom. The van der Waals surface area contributed by atoms with Crippen LogP contribution in [0.4, 0.5) is 0 Å². The summed E-state index contributed by atoms with van der Waals surface area (Å²) in [7, 11) is 1.71. The average molecular weight is 208 g/mol. The largest absolute Gasteiger partial charge is 0.383 e. The first-order chi connectivity index (χ1) is 7.38. The number of methoxy groups -OCH3 is 1. The van der Waals surface area contributed by atoms with Gasteiger partial charge in [-0.2, -0.15) is 0 Å². The molecule has 0 unspecified atom stereocenters. The maximum Gasteiger partial charge on any atom is 0.0587 e. The van der Waals surface area contributed by atoms with Gasteiger partial charge in [0.1, 0.15) is 0 Å². The standard InChI is InChI=1S/C12H20N2O/c1-15-9-8-14-10-12-5-3-2-4-11(12)6-7-13/h2-5,14H,6-10,13H2,1H3. The first kappa shape index (κ1) is 12.2. The van der Waals surface area contributed by atoms with Crippen LogP contribution in [0.5, 0.6) is 0 Å². The van der Waals surface area contributed by atoms with Crippen molar-refractivity contribution in [1.29, 1.82) is 0 Å². The minimum Gasteiger partial charge on any atom is -0.383 e. The molecule has 3 nitrogen and oxygen atoms in total. The highest BCUT2D eigenvalue weighted by atomic mass is 16.5. The average Bonchev–Trinajstić information content (AvgIpc) is 2.27. The van der Waals surface area contributed by atoms with E-state index in [2.05, 4.69) is 29.6 Å². The Morgan fingerprint density at radius 1 is 1.27 bits per heavy atom. The molecule has 0 spiro atoms. The Kier molecular flexibility index (Phi) is 6.00. The van der Waals surface area contributed by atoms with Gasteiger partial charge in [-0.05, 0) is 24.1 Å². The molecule has 3 heteroatoms. The molecule has 1 rings (SSSR count). The van der Waals surface area contributed by atoms with Gasteiger partial charge in [-0.3, -0.25) is 0 Å². The summed E-state index contributed by atoms with van der Waals surface area (Å²) in [5, 5.41) is 3.34. The number of nitrogens with one attached hydrogen (secondary N) is 1. The normalized spacial score (nSPS) is 10.5. The van der Waals surface area contributed by atoms with E-state index in [0.29, 0.717) is 6.54 Å². The third-order valence-corrected chi connectivity index (χ3v) is 2.33. The Bertz CT molecular complexity index is 276. The second-order valence-electron chi connectivity index (χ2n) is 3.48. The fourth-order valence-electron chi connectivity index (χ4n) is 1.53. The highest BCUT2D eigenvalue weighted by Crippen LogP contribution is 2.08. The summed E-state index contributed by atoms with van der Waals surface area (Å²) >= 11 is 0. The highest BCUT2D eigenvalue weighted by molar-refractivity contribution is 5.27. The van der Waals surface area contributed by atoms with Crippen LogP contribution in [0, 0.1) is 0 Å². The van der Waals surface area contributed by atoms with Crippen LogP contribution in [0.1, 0.15) is 11.1 Å². The van der Waals surface area contributed by atoms with Gasteiger partial charge in [-0.25, -0.2) is 0 Å². The maximum absolute atomic E-state index is 5.57. The summed E-state index contributed by atoms with van der Waals surface area (Å²) in [5.74, 6) is 0. The molecule has 0 amide bonds. The molecule has 0 aliphatic rings. The molecule has 1 aromatic carbocycles. The van der Waals surface area contributed by atoms with E-state index >= 15 is 0 Å². The van der Waals surface area contributed by atoms with Gasteiger partial charge < -0.3 is 15.8 Å². The van der Waals surface area contributed by atoms with E-state index in [1.807, 2.05) is 0 Å². The second kappa shape index (κ2) is 7.40. The summed E-state index contributed by atoms with van der Waals surface area (Å²) in [6.45, 7) is 3.22. The smallest absolute Gasteiger partial charge is 0.0587 e. The lowest BCUT2D eigenvalue weighted by atomic mass is 10.0. The Balaban J connectivity index is 2.44. The van der Waals surface area contributed by atoms with E-state index in [-0.39, 0.29) is 0 Å². The van der Waals surface area contributed by atoms with Crippen LogP contribution in [0.25, 0.3) is 0 Å². The van der Waals surface area contributed by atoms with E-state index < -0.39 is 0 Å². The molecule has 3 N–H and O–H groups in total. The van der Waals surface area contributed by atoms with Crippen LogP contribution in [0.3, 0.4) is 0 Å². The van der Waals surface area contributed by atoms with Gasteiger partial charge in [0.15, 0.2) is 0 Å². The van der Waals surface area contributed by atoms with Crippen LogP contribution in [-0.4, -0.2) is 26.8 Å². The third-order valence-electron chi connectivity index (χ3n) is 2.33. The van der Waals surface area contributed by atoms with E-state index in [1.54, 1.807) is 7.11 Å². The van der Waals surface area contributed by atoms with Gasteiger partial charge in [0.25, 0.3) is 0 Å². The van der Waals surface area contributed by atoms with Crippen molar-refractivity contribution < 1.29 is 4.74 Å². The van der Waals surface area contributed by atoms with Gasteiger partial charge in [-0.1, -0.05) is 24.3 Å². The molecule has 1 aromatic rings. The van der Waals surface area contributed by atoms with Crippen LogP contribution >= 0.6 is 0 Å². The monoisotopic (exact) mass is 208 g/mol. The van der Waals surface area contributed by atoms with Gasteiger partial charge in [-0.15, -0.1) is 0 Å². The molecule has 0 heterocycles. The number of nitrogens with two attached hydrogens (primary N) is 1. The van der Waals surface area contributed by atoms with Crippen molar-refractivity contribution in [2.75, 3.05) is 26.8 Å². The van der Waals surface area contributed by atoms with Gasteiger partial charge in [0, 0.05) is 20.2 Å². The molecule has 0 saturated carbocycles. The van der Waals surface area contributed by atoms with E-state index in [4.69, 9.17) is 10.5 Å². The SMILES string of the molecule is COCCNCc1ccccc1CCN. The molecule has 0 aliphatic carbocycles. The first-order valence-corrected chi connectivity index (χ1v) is 5.35. The number of ether oxygens (including phenoxy) is 1. The van der Waals surface area contributed by atoms with E-state index in [9.17, 15) is 0 Å². The minimum absolute atomic E-state index is 0.703. The van der Waals surface area contributed by atoms with Crippen molar-refractivity contribution in [1.82, 2.24) is 5.32 Å². The van der Waals surface area contributed by atoms with Crippen molar-refractivity contribution in [3.63, 3.8) is 0 Å². The molecule has 84 valence electrons. The molecular weight excluding hydrogens is 188 g/mol. The molecule has 0 aromatic heterocycles. The maximum atomic E-state index is 5.57. The number of hydrogen-bond donors (Lipinski definition) is 2. The number of hydrogen-bond acceptors (Lipinski definition) is 3. The summed E-state index contributed by atoms with van der Waals surface area (Å²) < 4.78 is 4.98. The molecule has 0 atom stereocenters. The second-order valence-corrected chi connectivity index (χ2v) is 3.48. The fraction of sp³-hybridized carbons (Fsp3) is 0.500. The molecule has 0 radical (unpaired) electrons. The lowest BCUT2D eigenvalue weighted by Crippen LogP contribution is -2.19. The predicted octanol–water partition coefficient (Wildman–Crippen LogP) is 0.924. The molecular formula is C12H20N2O. The van der Waals surface area contributed by atoms with Crippen LogP contribution < -0.4 is 11.1 Å². The van der Waals surface area contributed by atoms with Gasteiger partial charge in [0.2, 0.25) is 0 Å². The number of rotatable bonds is 7. The summed E-state index contributed by atoms with van der Waals surface area (Å²) in [6, 6.07) is 8.40. The minimum atomic E-state index is 0.703. The molecule has 0 bridgehead atoms.